The second-order valence-corrected chi connectivity index (χ2v) is 8.47. The number of thiazole rings is 1. The highest BCUT2D eigenvalue weighted by Crippen LogP contribution is 2.38. The van der Waals surface area contributed by atoms with Gasteiger partial charge in [0, 0.05) is 13.6 Å². The fourth-order valence-corrected chi connectivity index (χ4v) is 5.73. The van der Waals surface area contributed by atoms with Gasteiger partial charge in [0.05, 0.1) is 23.6 Å². The summed E-state index contributed by atoms with van der Waals surface area (Å²) in [5.41, 5.74) is 2.04. The Morgan fingerprint density at radius 2 is 1.90 bits per heavy atom. The molecule has 21 heavy (non-hydrogen) atoms. The maximum atomic E-state index is 12.9. The van der Waals surface area contributed by atoms with Crippen LogP contribution in [0.25, 0.3) is 0 Å². The molecule has 1 aliphatic heterocycles. The van der Waals surface area contributed by atoms with Crippen LogP contribution in [0.15, 0.2) is 28.5 Å². The predicted molar refractivity (Wildman–Crippen MR) is 86.1 cm³/mol. The topological polar surface area (TPSA) is 53.5 Å². The van der Waals surface area contributed by atoms with Crippen LogP contribution in [0.3, 0.4) is 0 Å². The molecule has 112 valence electrons. The minimum absolute atomic E-state index is 0.215. The van der Waals surface area contributed by atoms with E-state index in [9.17, 15) is 8.42 Å². The van der Waals surface area contributed by atoms with Gasteiger partial charge in [-0.15, -0.1) is 0 Å². The maximum Gasteiger partial charge on any atom is 0.275 e. The van der Waals surface area contributed by atoms with Crippen LogP contribution in [-0.4, -0.2) is 33.5 Å². The molecule has 1 aliphatic rings. The van der Waals surface area contributed by atoms with Crippen molar-refractivity contribution in [2.75, 3.05) is 29.3 Å². The Bertz CT molecular complexity index is 788. The highest BCUT2D eigenvalue weighted by atomic mass is 35.5. The van der Waals surface area contributed by atoms with Gasteiger partial charge in [-0.05, 0) is 19.1 Å². The summed E-state index contributed by atoms with van der Waals surface area (Å²) in [5.74, 6) is 0. The van der Waals surface area contributed by atoms with Gasteiger partial charge in [0.25, 0.3) is 10.0 Å². The number of fused-ring (bicyclic) bond motifs is 1. The van der Waals surface area contributed by atoms with Crippen molar-refractivity contribution < 1.29 is 8.42 Å². The van der Waals surface area contributed by atoms with Gasteiger partial charge in [-0.25, -0.2) is 13.4 Å². The summed E-state index contributed by atoms with van der Waals surface area (Å²) in [4.78, 5) is 6.06. The van der Waals surface area contributed by atoms with Crippen LogP contribution in [-0.2, 0) is 10.0 Å². The third kappa shape index (κ3) is 2.39. The molecule has 0 aliphatic carbocycles. The molecule has 0 radical (unpaired) electrons. The zero-order valence-electron chi connectivity index (χ0n) is 11.6. The van der Waals surface area contributed by atoms with Gasteiger partial charge < -0.3 is 4.90 Å². The monoisotopic (exact) mass is 343 g/mol. The zero-order chi connectivity index (χ0) is 15.2. The molecule has 5 nitrogen and oxygen atoms in total. The molecule has 0 bridgehead atoms. The zero-order valence-corrected chi connectivity index (χ0v) is 14.0. The van der Waals surface area contributed by atoms with Gasteiger partial charge in [-0.3, -0.25) is 4.31 Å². The summed E-state index contributed by atoms with van der Waals surface area (Å²) in [6.07, 6.45) is 0. The number of para-hydroxylation sites is 2. The number of likely N-dealkylation sites (N-methyl/N-ethyl adjacent to an activating group) is 1. The molecule has 0 saturated heterocycles. The maximum absolute atomic E-state index is 12.9. The number of aromatic nitrogens is 1. The van der Waals surface area contributed by atoms with E-state index in [4.69, 9.17) is 11.6 Å². The second kappa shape index (κ2) is 5.15. The van der Waals surface area contributed by atoms with Crippen molar-refractivity contribution in [2.24, 2.45) is 0 Å². The number of halogens is 1. The van der Waals surface area contributed by atoms with Crippen LogP contribution in [0.2, 0.25) is 4.47 Å². The highest BCUT2D eigenvalue weighted by Gasteiger charge is 2.33. The number of nitrogens with zero attached hydrogens (tertiary/aromatic N) is 3. The van der Waals surface area contributed by atoms with E-state index >= 15 is 0 Å². The first-order valence-electron chi connectivity index (χ1n) is 6.37. The van der Waals surface area contributed by atoms with E-state index in [-0.39, 0.29) is 8.68 Å². The molecule has 2 heterocycles. The van der Waals surface area contributed by atoms with Gasteiger partial charge in [0.15, 0.2) is 8.68 Å². The van der Waals surface area contributed by atoms with Crippen molar-refractivity contribution in [2.45, 2.75) is 11.1 Å². The average Bonchev–Trinajstić information content (AvgIpc) is 2.79. The van der Waals surface area contributed by atoms with E-state index in [0.717, 1.165) is 17.0 Å². The molecule has 3 rings (SSSR count). The molecule has 0 amide bonds. The van der Waals surface area contributed by atoms with E-state index in [1.807, 2.05) is 36.2 Å². The standard InChI is InChI=1S/C13H14ClN3O2S2/c1-9-12(20-13(14)15-9)21(18,19)17-8-7-16(2)10-5-3-4-6-11(10)17/h3-6H,7-8H2,1-2H3. The quantitative estimate of drug-likeness (QED) is 0.841. The fraction of sp³-hybridized carbons (Fsp3) is 0.308. The Labute approximate surface area is 132 Å². The number of benzene rings is 1. The SMILES string of the molecule is Cc1nc(Cl)sc1S(=O)(=O)N1CCN(C)c2ccccc21. The van der Waals surface area contributed by atoms with Crippen molar-refractivity contribution in [3.63, 3.8) is 0 Å². The number of sulfonamides is 1. The van der Waals surface area contributed by atoms with Crippen LogP contribution >= 0.6 is 22.9 Å². The summed E-state index contributed by atoms with van der Waals surface area (Å²) in [5, 5.41) is 0. The van der Waals surface area contributed by atoms with Crippen LogP contribution in [0.5, 0.6) is 0 Å². The summed E-state index contributed by atoms with van der Waals surface area (Å²) < 4.78 is 27.7. The van der Waals surface area contributed by atoms with Crippen molar-refractivity contribution in [3.05, 3.63) is 34.4 Å². The minimum atomic E-state index is -3.63. The molecule has 2 aromatic rings. The Morgan fingerprint density at radius 1 is 1.24 bits per heavy atom. The molecule has 0 spiro atoms. The summed E-state index contributed by atoms with van der Waals surface area (Å²) >= 11 is 6.85. The first-order chi connectivity index (χ1) is 9.91. The molecular weight excluding hydrogens is 330 g/mol. The highest BCUT2D eigenvalue weighted by molar-refractivity contribution is 7.94. The van der Waals surface area contributed by atoms with Crippen LogP contribution in [0, 0.1) is 6.92 Å². The first kappa shape index (κ1) is 14.6. The van der Waals surface area contributed by atoms with Crippen LogP contribution < -0.4 is 9.21 Å². The number of aryl methyl sites for hydroxylation is 1. The number of hydrogen-bond donors (Lipinski definition) is 0. The summed E-state index contributed by atoms with van der Waals surface area (Å²) in [6, 6.07) is 7.48. The van der Waals surface area contributed by atoms with Crippen molar-refractivity contribution in [1.82, 2.24) is 4.98 Å². The molecular formula is C13H14ClN3O2S2. The number of anilines is 2. The average molecular weight is 344 g/mol. The third-order valence-electron chi connectivity index (χ3n) is 3.45. The molecule has 0 N–H and O–H groups in total. The van der Waals surface area contributed by atoms with Crippen LogP contribution in [0.4, 0.5) is 11.4 Å². The molecule has 0 saturated carbocycles. The Kier molecular flexibility index (Phi) is 3.59. The largest absolute Gasteiger partial charge is 0.371 e. The van der Waals surface area contributed by atoms with Gasteiger partial charge in [0.2, 0.25) is 0 Å². The van der Waals surface area contributed by atoms with Gasteiger partial charge >= 0.3 is 0 Å². The minimum Gasteiger partial charge on any atom is -0.371 e. The predicted octanol–water partition coefficient (Wildman–Crippen LogP) is 2.75. The molecule has 8 heteroatoms. The van der Waals surface area contributed by atoms with Gasteiger partial charge in [0.1, 0.15) is 0 Å². The Balaban J connectivity index is 2.13. The van der Waals surface area contributed by atoms with E-state index in [2.05, 4.69) is 4.98 Å². The fourth-order valence-electron chi connectivity index (χ4n) is 2.42. The summed E-state index contributed by atoms with van der Waals surface area (Å²) in [6.45, 7) is 2.71. The number of hydrogen-bond acceptors (Lipinski definition) is 5. The molecule has 0 fully saturated rings. The molecule has 1 aromatic carbocycles. The van der Waals surface area contributed by atoms with Crippen LogP contribution in [0.1, 0.15) is 5.69 Å². The van der Waals surface area contributed by atoms with E-state index in [0.29, 0.717) is 24.5 Å². The summed E-state index contributed by atoms with van der Waals surface area (Å²) in [7, 11) is -1.67. The Morgan fingerprint density at radius 3 is 2.52 bits per heavy atom. The van der Waals surface area contributed by atoms with E-state index in [1.165, 1.54) is 4.31 Å². The van der Waals surface area contributed by atoms with Gasteiger partial charge in [-0.2, -0.15) is 0 Å². The molecule has 1 aromatic heterocycles. The lowest BCUT2D eigenvalue weighted by atomic mass is 10.2. The smallest absolute Gasteiger partial charge is 0.275 e. The Hall–Kier alpha value is -1.31. The van der Waals surface area contributed by atoms with E-state index in [1.54, 1.807) is 6.92 Å². The third-order valence-corrected chi connectivity index (χ3v) is 7.11. The lowest BCUT2D eigenvalue weighted by molar-refractivity contribution is 0.590. The van der Waals surface area contributed by atoms with Crippen molar-refractivity contribution >= 4 is 44.3 Å². The lowest BCUT2D eigenvalue weighted by Crippen LogP contribution is -2.42. The van der Waals surface area contributed by atoms with E-state index < -0.39 is 10.0 Å². The van der Waals surface area contributed by atoms with Gasteiger partial charge in [-0.1, -0.05) is 35.1 Å². The normalized spacial score (nSPS) is 15.2. The lowest BCUT2D eigenvalue weighted by Gasteiger charge is -2.35. The molecule has 0 unspecified atom stereocenters. The van der Waals surface area contributed by atoms with Crippen molar-refractivity contribution in [1.29, 1.82) is 0 Å². The number of rotatable bonds is 2. The molecule has 0 atom stereocenters. The van der Waals surface area contributed by atoms with Crippen molar-refractivity contribution in [3.8, 4) is 0 Å². The first-order valence-corrected chi connectivity index (χ1v) is 9.00. The second-order valence-electron chi connectivity index (χ2n) is 4.83.